The van der Waals surface area contributed by atoms with Gasteiger partial charge < -0.3 is 5.32 Å². The van der Waals surface area contributed by atoms with Crippen LogP contribution in [0.3, 0.4) is 0 Å². The van der Waals surface area contributed by atoms with Gasteiger partial charge in [-0.25, -0.2) is 14.4 Å². The lowest BCUT2D eigenvalue weighted by atomic mass is 10.2. The second-order valence-electron chi connectivity index (χ2n) is 3.57. The van der Waals surface area contributed by atoms with Crippen molar-refractivity contribution in [3.05, 3.63) is 46.4 Å². The van der Waals surface area contributed by atoms with E-state index in [1.807, 2.05) is 7.05 Å². The van der Waals surface area contributed by atoms with Crippen molar-refractivity contribution in [2.45, 2.75) is 6.54 Å². The molecule has 2 rings (SSSR count). The molecule has 17 heavy (non-hydrogen) atoms. The fourth-order valence-corrected chi connectivity index (χ4v) is 1.99. The SMILES string of the molecule is CNCc1cnc(-c2ccc(F)cc2Br)nc1. The molecule has 0 spiro atoms. The summed E-state index contributed by atoms with van der Waals surface area (Å²) < 4.78 is 13.6. The highest BCUT2D eigenvalue weighted by Gasteiger charge is 2.06. The Morgan fingerprint density at radius 1 is 1.29 bits per heavy atom. The second-order valence-corrected chi connectivity index (χ2v) is 4.42. The molecule has 0 fully saturated rings. The highest BCUT2D eigenvalue weighted by molar-refractivity contribution is 9.10. The van der Waals surface area contributed by atoms with Gasteiger partial charge >= 0.3 is 0 Å². The maximum atomic E-state index is 12.9. The fourth-order valence-electron chi connectivity index (χ4n) is 1.46. The number of hydrogen-bond acceptors (Lipinski definition) is 3. The maximum absolute atomic E-state index is 12.9. The van der Waals surface area contributed by atoms with Gasteiger partial charge in [-0.1, -0.05) is 0 Å². The Bertz CT molecular complexity index is 514. The van der Waals surface area contributed by atoms with Gasteiger partial charge in [-0.2, -0.15) is 0 Å². The molecule has 88 valence electrons. The van der Waals surface area contributed by atoms with E-state index in [4.69, 9.17) is 0 Å². The van der Waals surface area contributed by atoms with Crippen LogP contribution < -0.4 is 5.32 Å². The van der Waals surface area contributed by atoms with E-state index in [-0.39, 0.29) is 5.82 Å². The van der Waals surface area contributed by atoms with E-state index < -0.39 is 0 Å². The lowest BCUT2D eigenvalue weighted by molar-refractivity contribution is 0.627. The number of hydrogen-bond donors (Lipinski definition) is 1. The number of rotatable bonds is 3. The van der Waals surface area contributed by atoms with Gasteiger partial charge in [0.2, 0.25) is 0 Å². The molecule has 1 aromatic carbocycles. The monoisotopic (exact) mass is 295 g/mol. The van der Waals surface area contributed by atoms with Crippen LogP contribution in [0.5, 0.6) is 0 Å². The zero-order valence-electron chi connectivity index (χ0n) is 9.24. The molecule has 1 N–H and O–H groups in total. The molecule has 0 aliphatic heterocycles. The molecule has 0 amide bonds. The van der Waals surface area contributed by atoms with Crippen molar-refractivity contribution in [2.24, 2.45) is 0 Å². The van der Waals surface area contributed by atoms with E-state index in [1.165, 1.54) is 12.1 Å². The summed E-state index contributed by atoms with van der Waals surface area (Å²) in [7, 11) is 1.87. The molecule has 1 aromatic heterocycles. The quantitative estimate of drug-likeness (QED) is 0.946. The first kappa shape index (κ1) is 12.1. The van der Waals surface area contributed by atoms with Gasteiger partial charge in [0.1, 0.15) is 5.82 Å². The maximum Gasteiger partial charge on any atom is 0.160 e. The first-order chi connectivity index (χ1) is 8.20. The third-order valence-electron chi connectivity index (χ3n) is 2.26. The van der Waals surface area contributed by atoms with Gasteiger partial charge in [0, 0.05) is 34.5 Å². The molecule has 0 aliphatic carbocycles. The Hall–Kier alpha value is -1.33. The van der Waals surface area contributed by atoms with Crippen molar-refractivity contribution in [1.82, 2.24) is 15.3 Å². The van der Waals surface area contributed by atoms with E-state index in [2.05, 4.69) is 31.2 Å². The number of nitrogens with one attached hydrogen (secondary N) is 1. The third kappa shape index (κ3) is 2.87. The molecule has 0 aliphatic rings. The van der Waals surface area contributed by atoms with Crippen LogP contribution in [0.4, 0.5) is 4.39 Å². The molecule has 0 radical (unpaired) electrons. The lowest BCUT2D eigenvalue weighted by Gasteiger charge is -2.04. The highest BCUT2D eigenvalue weighted by Crippen LogP contribution is 2.25. The van der Waals surface area contributed by atoms with Crippen LogP contribution in [0.1, 0.15) is 5.56 Å². The number of halogens is 2. The van der Waals surface area contributed by atoms with E-state index >= 15 is 0 Å². The van der Waals surface area contributed by atoms with E-state index in [9.17, 15) is 4.39 Å². The van der Waals surface area contributed by atoms with Crippen LogP contribution in [0.2, 0.25) is 0 Å². The van der Waals surface area contributed by atoms with Gasteiger partial charge in [-0.15, -0.1) is 0 Å². The van der Waals surface area contributed by atoms with Crippen molar-refractivity contribution >= 4 is 15.9 Å². The Morgan fingerprint density at radius 2 is 2.00 bits per heavy atom. The predicted molar refractivity (Wildman–Crippen MR) is 67.9 cm³/mol. The molecule has 1 heterocycles. The fraction of sp³-hybridized carbons (Fsp3) is 0.167. The molecule has 0 bridgehead atoms. The normalized spacial score (nSPS) is 10.5. The molecule has 0 saturated carbocycles. The zero-order chi connectivity index (χ0) is 12.3. The Morgan fingerprint density at radius 3 is 2.59 bits per heavy atom. The van der Waals surface area contributed by atoms with Gasteiger partial charge in [0.05, 0.1) is 0 Å². The summed E-state index contributed by atoms with van der Waals surface area (Å²) in [6.45, 7) is 0.727. The van der Waals surface area contributed by atoms with E-state index in [1.54, 1.807) is 18.5 Å². The average molecular weight is 296 g/mol. The van der Waals surface area contributed by atoms with E-state index in [0.717, 1.165) is 17.7 Å². The smallest absolute Gasteiger partial charge is 0.160 e. The summed E-state index contributed by atoms with van der Waals surface area (Å²) in [5, 5.41) is 3.02. The number of benzene rings is 1. The highest BCUT2D eigenvalue weighted by atomic mass is 79.9. The molecular formula is C12H11BrFN3. The van der Waals surface area contributed by atoms with Crippen LogP contribution >= 0.6 is 15.9 Å². The average Bonchev–Trinajstić information content (AvgIpc) is 2.31. The molecule has 0 atom stereocenters. The van der Waals surface area contributed by atoms with Crippen molar-refractivity contribution in [3.8, 4) is 11.4 Å². The van der Waals surface area contributed by atoms with Crippen molar-refractivity contribution < 1.29 is 4.39 Å². The summed E-state index contributed by atoms with van der Waals surface area (Å²) in [5.41, 5.74) is 1.79. The van der Waals surface area contributed by atoms with Crippen LogP contribution in [0.15, 0.2) is 35.1 Å². The first-order valence-electron chi connectivity index (χ1n) is 5.11. The molecule has 0 saturated heterocycles. The minimum Gasteiger partial charge on any atom is -0.316 e. The predicted octanol–water partition coefficient (Wildman–Crippen LogP) is 2.76. The van der Waals surface area contributed by atoms with Gasteiger partial charge in [-0.05, 0) is 41.2 Å². The Kier molecular flexibility index (Phi) is 3.81. The standard InChI is InChI=1S/C12H11BrFN3/c1-15-5-8-6-16-12(17-7-8)10-3-2-9(14)4-11(10)13/h2-4,6-7,15H,5H2,1H3. The summed E-state index contributed by atoms with van der Waals surface area (Å²) in [6.07, 6.45) is 3.52. The molecule has 0 unspecified atom stereocenters. The second kappa shape index (κ2) is 5.33. The molecule has 2 aromatic rings. The summed E-state index contributed by atoms with van der Waals surface area (Å²) >= 11 is 3.30. The van der Waals surface area contributed by atoms with Crippen LogP contribution in [-0.4, -0.2) is 17.0 Å². The summed E-state index contributed by atoms with van der Waals surface area (Å²) in [6, 6.07) is 4.46. The largest absolute Gasteiger partial charge is 0.316 e. The Labute approximate surface area is 107 Å². The minimum absolute atomic E-state index is 0.285. The van der Waals surface area contributed by atoms with Crippen molar-refractivity contribution in [2.75, 3.05) is 7.05 Å². The summed E-state index contributed by atoms with van der Waals surface area (Å²) in [5.74, 6) is 0.296. The minimum atomic E-state index is -0.285. The van der Waals surface area contributed by atoms with Gasteiger partial charge in [-0.3, -0.25) is 0 Å². The van der Waals surface area contributed by atoms with Gasteiger partial charge in [0.25, 0.3) is 0 Å². The molecule has 3 nitrogen and oxygen atoms in total. The number of aromatic nitrogens is 2. The zero-order valence-corrected chi connectivity index (χ0v) is 10.8. The lowest BCUT2D eigenvalue weighted by Crippen LogP contribution is -2.06. The third-order valence-corrected chi connectivity index (χ3v) is 2.91. The molecule has 5 heteroatoms. The van der Waals surface area contributed by atoms with Crippen LogP contribution in [0.25, 0.3) is 11.4 Å². The first-order valence-corrected chi connectivity index (χ1v) is 5.91. The van der Waals surface area contributed by atoms with Crippen LogP contribution in [0, 0.1) is 5.82 Å². The summed E-state index contributed by atoms with van der Waals surface area (Å²) in [4.78, 5) is 8.51. The van der Waals surface area contributed by atoms with E-state index in [0.29, 0.717) is 10.3 Å². The Balaban J connectivity index is 2.33. The van der Waals surface area contributed by atoms with Crippen LogP contribution in [-0.2, 0) is 6.54 Å². The number of nitrogens with zero attached hydrogens (tertiary/aromatic N) is 2. The molecular weight excluding hydrogens is 285 g/mol. The van der Waals surface area contributed by atoms with Crippen molar-refractivity contribution in [3.63, 3.8) is 0 Å². The van der Waals surface area contributed by atoms with Crippen molar-refractivity contribution in [1.29, 1.82) is 0 Å². The topological polar surface area (TPSA) is 37.8 Å². The van der Waals surface area contributed by atoms with Gasteiger partial charge in [0.15, 0.2) is 5.82 Å².